The molecular formula is C21H28N2O2. The predicted octanol–water partition coefficient (Wildman–Crippen LogP) is 3.06. The van der Waals surface area contributed by atoms with Gasteiger partial charge in [0.25, 0.3) is 0 Å². The molecule has 2 aromatic rings. The van der Waals surface area contributed by atoms with E-state index in [0.29, 0.717) is 12.8 Å². The summed E-state index contributed by atoms with van der Waals surface area (Å²) in [4.78, 5) is 2.41. The Hall–Kier alpha value is -1.72. The summed E-state index contributed by atoms with van der Waals surface area (Å²) in [7, 11) is 0. The fourth-order valence-corrected chi connectivity index (χ4v) is 3.18. The van der Waals surface area contributed by atoms with Crippen LogP contribution < -0.4 is 5.32 Å². The predicted molar refractivity (Wildman–Crippen MR) is 101 cm³/mol. The first-order chi connectivity index (χ1) is 12.3. The van der Waals surface area contributed by atoms with E-state index in [4.69, 9.17) is 9.47 Å². The molecule has 1 aliphatic rings. The van der Waals surface area contributed by atoms with Crippen LogP contribution in [-0.4, -0.2) is 50.5 Å². The second kappa shape index (κ2) is 9.68. The molecule has 1 heterocycles. The zero-order chi connectivity index (χ0) is 17.3. The minimum Gasteiger partial charge on any atom is -0.379 e. The summed E-state index contributed by atoms with van der Waals surface area (Å²) in [5, 5.41) is 3.56. The van der Waals surface area contributed by atoms with E-state index in [1.807, 2.05) is 12.1 Å². The van der Waals surface area contributed by atoms with Crippen molar-refractivity contribution in [2.75, 3.05) is 39.5 Å². The zero-order valence-electron chi connectivity index (χ0n) is 14.9. The largest absolute Gasteiger partial charge is 0.379 e. The van der Waals surface area contributed by atoms with Crippen molar-refractivity contribution in [3.8, 4) is 0 Å². The average molecular weight is 340 g/mol. The Labute approximate surface area is 150 Å². The maximum atomic E-state index is 6.25. The number of benzene rings is 2. The monoisotopic (exact) mass is 340 g/mol. The van der Waals surface area contributed by atoms with Crippen molar-refractivity contribution in [3.63, 3.8) is 0 Å². The van der Waals surface area contributed by atoms with Crippen molar-refractivity contribution in [1.29, 1.82) is 0 Å². The normalized spacial score (nSPS) is 16.9. The van der Waals surface area contributed by atoms with Crippen LogP contribution in [0.4, 0.5) is 0 Å². The lowest BCUT2D eigenvalue weighted by Crippen LogP contribution is -2.49. The van der Waals surface area contributed by atoms with Crippen molar-refractivity contribution in [2.45, 2.75) is 19.2 Å². The fraction of sp³-hybridized carbons (Fsp3) is 0.429. The quantitative estimate of drug-likeness (QED) is 0.749. The van der Waals surface area contributed by atoms with Crippen molar-refractivity contribution in [3.05, 3.63) is 71.8 Å². The SMILES string of the molecule is CC(NCCOC(c1ccccc1)c1ccccc1)N1CCOCC1. The lowest BCUT2D eigenvalue weighted by molar-refractivity contribution is 0.00952. The van der Waals surface area contributed by atoms with Gasteiger partial charge in [0.2, 0.25) is 0 Å². The van der Waals surface area contributed by atoms with E-state index in [2.05, 4.69) is 65.7 Å². The summed E-state index contributed by atoms with van der Waals surface area (Å²) in [5.74, 6) is 0. The number of morpholine rings is 1. The summed E-state index contributed by atoms with van der Waals surface area (Å²) < 4.78 is 11.7. The third kappa shape index (κ3) is 5.38. The van der Waals surface area contributed by atoms with Gasteiger partial charge in [0.15, 0.2) is 0 Å². The molecule has 1 N–H and O–H groups in total. The molecule has 1 fully saturated rings. The minimum atomic E-state index is -0.0251. The zero-order valence-corrected chi connectivity index (χ0v) is 14.9. The van der Waals surface area contributed by atoms with E-state index in [-0.39, 0.29) is 6.10 Å². The Bertz CT molecular complexity index is 560. The fourth-order valence-electron chi connectivity index (χ4n) is 3.18. The molecule has 0 amide bonds. The Balaban J connectivity index is 1.53. The third-order valence-electron chi connectivity index (χ3n) is 4.62. The Kier molecular flexibility index (Phi) is 7.00. The van der Waals surface area contributed by atoms with E-state index in [1.165, 1.54) is 11.1 Å². The van der Waals surface area contributed by atoms with Gasteiger partial charge in [0.05, 0.1) is 26.0 Å². The Morgan fingerprint density at radius 3 is 2.08 bits per heavy atom. The van der Waals surface area contributed by atoms with Crippen molar-refractivity contribution in [2.24, 2.45) is 0 Å². The highest BCUT2D eigenvalue weighted by atomic mass is 16.5. The van der Waals surface area contributed by atoms with Gasteiger partial charge in [-0.25, -0.2) is 0 Å². The second-order valence-corrected chi connectivity index (χ2v) is 6.35. The van der Waals surface area contributed by atoms with E-state index in [9.17, 15) is 0 Å². The highest BCUT2D eigenvalue weighted by Crippen LogP contribution is 2.25. The first kappa shape index (κ1) is 18.1. The molecule has 1 unspecified atom stereocenters. The van der Waals surface area contributed by atoms with Crippen LogP contribution >= 0.6 is 0 Å². The maximum absolute atomic E-state index is 6.25. The molecule has 0 spiro atoms. The number of nitrogens with zero attached hydrogens (tertiary/aromatic N) is 1. The van der Waals surface area contributed by atoms with Crippen molar-refractivity contribution >= 4 is 0 Å². The highest BCUT2D eigenvalue weighted by molar-refractivity contribution is 5.29. The van der Waals surface area contributed by atoms with Crippen LogP contribution in [0.25, 0.3) is 0 Å². The van der Waals surface area contributed by atoms with E-state index >= 15 is 0 Å². The summed E-state index contributed by atoms with van der Waals surface area (Å²) in [6.07, 6.45) is 0.322. The van der Waals surface area contributed by atoms with Crippen molar-refractivity contribution < 1.29 is 9.47 Å². The number of nitrogens with one attached hydrogen (secondary N) is 1. The van der Waals surface area contributed by atoms with Crippen LogP contribution in [0.3, 0.4) is 0 Å². The van der Waals surface area contributed by atoms with Gasteiger partial charge >= 0.3 is 0 Å². The topological polar surface area (TPSA) is 33.7 Å². The molecule has 1 saturated heterocycles. The van der Waals surface area contributed by atoms with Crippen LogP contribution in [0.5, 0.6) is 0 Å². The number of hydrogen-bond acceptors (Lipinski definition) is 4. The number of ether oxygens (including phenoxy) is 2. The van der Waals surface area contributed by atoms with E-state index < -0.39 is 0 Å². The molecule has 2 aromatic carbocycles. The molecule has 0 saturated carbocycles. The molecule has 1 aliphatic heterocycles. The van der Waals surface area contributed by atoms with Gasteiger partial charge in [-0.15, -0.1) is 0 Å². The van der Waals surface area contributed by atoms with Crippen LogP contribution in [0.2, 0.25) is 0 Å². The standard InChI is InChI=1S/C21H28N2O2/c1-18(23-13-16-24-17-14-23)22-12-15-25-21(19-8-4-2-5-9-19)20-10-6-3-7-11-20/h2-11,18,21-22H,12-17H2,1H3. The van der Waals surface area contributed by atoms with Crippen molar-refractivity contribution in [1.82, 2.24) is 10.2 Å². The third-order valence-corrected chi connectivity index (χ3v) is 4.62. The van der Waals surface area contributed by atoms with E-state index in [1.54, 1.807) is 0 Å². The first-order valence-corrected chi connectivity index (χ1v) is 9.11. The summed E-state index contributed by atoms with van der Waals surface area (Å²) in [5.41, 5.74) is 2.38. The molecule has 0 bridgehead atoms. The lowest BCUT2D eigenvalue weighted by atomic mass is 10.0. The Morgan fingerprint density at radius 2 is 1.52 bits per heavy atom. The van der Waals surface area contributed by atoms with Crippen LogP contribution in [0.1, 0.15) is 24.2 Å². The number of rotatable bonds is 8. The highest BCUT2D eigenvalue weighted by Gasteiger charge is 2.17. The molecule has 4 nitrogen and oxygen atoms in total. The van der Waals surface area contributed by atoms with Gasteiger partial charge in [0, 0.05) is 19.6 Å². The van der Waals surface area contributed by atoms with Gasteiger partial charge in [0.1, 0.15) is 6.10 Å². The molecule has 3 rings (SSSR count). The molecule has 1 atom stereocenters. The average Bonchev–Trinajstić information content (AvgIpc) is 2.70. The minimum absolute atomic E-state index is 0.0251. The molecule has 25 heavy (non-hydrogen) atoms. The van der Waals surface area contributed by atoms with E-state index in [0.717, 1.165) is 32.8 Å². The first-order valence-electron chi connectivity index (χ1n) is 9.11. The second-order valence-electron chi connectivity index (χ2n) is 6.35. The van der Waals surface area contributed by atoms with Crippen LogP contribution in [0.15, 0.2) is 60.7 Å². The molecule has 0 aromatic heterocycles. The van der Waals surface area contributed by atoms with Gasteiger partial charge in [-0.2, -0.15) is 0 Å². The molecular weight excluding hydrogens is 312 g/mol. The molecule has 134 valence electrons. The molecule has 4 heteroatoms. The molecule has 0 aliphatic carbocycles. The van der Waals surface area contributed by atoms with Gasteiger partial charge in [-0.3, -0.25) is 10.2 Å². The van der Waals surface area contributed by atoms with Gasteiger partial charge in [-0.1, -0.05) is 60.7 Å². The number of hydrogen-bond donors (Lipinski definition) is 1. The van der Waals surface area contributed by atoms with Crippen LogP contribution in [-0.2, 0) is 9.47 Å². The van der Waals surface area contributed by atoms with Crippen LogP contribution in [0, 0.1) is 0 Å². The lowest BCUT2D eigenvalue weighted by Gasteiger charge is -2.32. The Morgan fingerprint density at radius 1 is 0.960 bits per heavy atom. The summed E-state index contributed by atoms with van der Waals surface area (Å²) >= 11 is 0. The summed E-state index contributed by atoms with van der Waals surface area (Å²) in [6, 6.07) is 20.8. The summed E-state index contributed by atoms with van der Waals surface area (Å²) in [6.45, 7) is 7.34. The smallest absolute Gasteiger partial charge is 0.108 e. The maximum Gasteiger partial charge on any atom is 0.108 e. The van der Waals surface area contributed by atoms with Gasteiger partial charge < -0.3 is 9.47 Å². The molecule has 0 radical (unpaired) electrons. The van der Waals surface area contributed by atoms with Gasteiger partial charge in [-0.05, 0) is 18.1 Å².